The van der Waals surface area contributed by atoms with E-state index in [1.807, 2.05) is 17.4 Å². The Bertz CT molecular complexity index is 1080. The standard InChI is InChI=1S/C24H30N4O3S/c1-29-19-8-7-16(13-20(19)30-2)18(28-9-11-31-12-10-28)14-25-23-22-17-5-3-4-6-21(17)32-24(22)27-15-26-23/h7-8,13,15,18H,3-6,9-12,14H2,1-2H3,(H,25,26,27)/t18-/m0/s1. The van der Waals surface area contributed by atoms with Gasteiger partial charge in [-0.3, -0.25) is 4.90 Å². The molecule has 0 saturated carbocycles. The molecule has 1 aliphatic carbocycles. The number of methoxy groups -OCH3 is 2. The van der Waals surface area contributed by atoms with Gasteiger partial charge in [0, 0.05) is 24.5 Å². The minimum atomic E-state index is 0.165. The molecule has 1 atom stereocenters. The van der Waals surface area contributed by atoms with Crippen molar-refractivity contribution in [2.24, 2.45) is 0 Å². The number of nitrogens with zero attached hydrogens (tertiary/aromatic N) is 3. The predicted molar refractivity (Wildman–Crippen MR) is 127 cm³/mol. The fourth-order valence-corrected chi connectivity index (χ4v) is 6.05. The largest absolute Gasteiger partial charge is 0.493 e. The Balaban J connectivity index is 1.46. The second-order valence-electron chi connectivity index (χ2n) is 8.27. The molecule has 1 aromatic carbocycles. The van der Waals surface area contributed by atoms with Gasteiger partial charge in [0.2, 0.25) is 0 Å². The fraction of sp³-hybridized carbons (Fsp3) is 0.500. The van der Waals surface area contributed by atoms with Crippen molar-refractivity contribution >= 4 is 27.4 Å². The highest BCUT2D eigenvalue weighted by atomic mass is 32.1. The second-order valence-corrected chi connectivity index (χ2v) is 9.36. The minimum Gasteiger partial charge on any atom is -0.493 e. The Morgan fingerprint density at radius 3 is 2.72 bits per heavy atom. The summed E-state index contributed by atoms with van der Waals surface area (Å²) in [5, 5.41) is 4.91. The quantitative estimate of drug-likeness (QED) is 0.577. The van der Waals surface area contributed by atoms with Crippen molar-refractivity contribution in [2.45, 2.75) is 31.7 Å². The van der Waals surface area contributed by atoms with Crippen LogP contribution in [0.3, 0.4) is 0 Å². The van der Waals surface area contributed by atoms with Gasteiger partial charge in [-0.1, -0.05) is 6.07 Å². The van der Waals surface area contributed by atoms with E-state index >= 15 is 0 Å². The van der Waals surface area contributed by atoms with Crippen LogP contribution in [0.2, 0.25) is 0 Å². The van der Waals surface area contributed by atoms with Crippen LogP contribution >= 0.6 is 11.3 Å². The van der Waals surface area contributed by atoms with Crippen LogP contribution in [0.1, 0.15) is 34.9 Å². The summed E-state index contributed by atoms with van der Waals surface area (Å²) < 4.78 is 16.6. The third-order valence-corrected chi connectivity index (χ3v) is 7.69. The number of benzene rings is 1. The number of aryl methyl sites for hydroxylation is 2. The van der Waals surface area contributed by atoms with E-state index in [0.29, 0.717) is 0 Å². The van der Waals surface area contributed by atoms with Crippen molar-refractivity contribution in [3.63, 3.8) is 0 Å². The third kappa shape index (κ3) is 4.14. The van der Waals surface area contributed by atoms with Crippen LogP contribution in [0.25, 0.3) is 10.2 Å². The van der Waals surface area contributed by atoms with Gasteiger partial charge in [0.05, 0.1) is 38.9 Å². The number of fused-ring (bicyclic) bond motifs is 3. The average Bonchev–Trinajstić information content (AvgIpc) is 3.24. The minimum absolute atomic E-state index is 0.165. The molecule has 0 radical (unpaired) electrons. The summed E-state index contributed by atoms with van der Waals surface area (Å²) >= 11 is 1.83. The highest BCUT2D eigenvalue weighted by Crippen LogP contribution is 2.39. The molecule has 1 saturated heterocycles. The van der Waals surface area contributed by atoms with Gasteiger partial charge in [0.15, 0.2) is 11.5 Å². The highest BCUT2D eigenvalue weighted by molar-refractivity contribution is 7.19. The van der Waals surface area contributed by atoms with Crippen LogP contribution in [-0.2, 0) is 17.6 Å². The third-order valence-electron chi connectivity index (χ3n) is 6.49. The molecule has 170 valence electrons. The van der Waals surface area contributed by atoms with Crippen LogP contribution in [0, 0.1) is 0 Å². The Labute approximate surface area is 192 Å². The molecule has 3 aromatic rings. The van der Waals surface area contributed by atoms with E-state index in [-0.39, 0.29) is 6.04 Å². The molecule has 0 bridgehead atoms. The van der Waals surface area contributed by atoms with Gasteiger partial charge in [-0.05, 0) is 48.9 Å². The van der Waals surface area contributed by atoms with E-state index in [1.54, 1.807) is 20.5 Å². The first-order valence-electron chi connectivity index (χ1n) is 11.3. The highest BCUT2D eigenvalue weighted by Gasteiger charge is 2.25. The molecule has 1 fully saturated rings. The van der Waals surface area contributed by atoms with Gasteiger partial charge in [-0.25, -0.2) is 9.97 Å². The zero-order chi connectivity index (χ0) is 21.9. The second kappa shape index (κ2) is 9.60. The van der Waals surface area contributed by atoms with E-state index in [2.05, 4.69) is 32.3 Å². The molecular formula is C24H30N4O3S. The molecule has 7 nitrogen and oxygen atoms in total. The smallest absolute Gasteiger partial charge is 0.161 e. The maximum absolute atomic E-state index is 5.61. The maximum atomic E-state index is 5.61. The molecule has 8 heteroatoms. The van der Waals surface area contributed by atoms with E-state index in [4.69, 9.17) is 14.2 Å². The summed E-state index contributed by atoms with van der Waals surface area (Å²) in [6.07, 6.45) is 6.49. The predicted octanol–water partition coefficient (Wildman–Crippen LogP) is 4.07. The van der Waals surface area contributed by atoms with Gasteiger partial charge in [-0.2, -0.15) is 0 Å². The SMILES string of the molecule is COc1ccc([C@H](CNc2ncnc3sc4c(c23)CCCC4)N2CCOCC2)cc1OC. The molecule has 32 heavy (non-hydrogen) atoms. The van der Waals surface area contributed by atoms with E-state index in [9.17, 15) is 0 Å². The monoisotopic (exact) mass is 454 g/mol. The fourth-order valence-electron chi connectivity index (χ4n) is 4.82. The van der Waals surface area contributed by atoms with Crippen molar-refractivity contribution in [3.8, 4) is 11.5 Å². The number of ether oxygens (including phenoxy) is 3. The maximum Gasteiger partial charge on any atom is 0.161 e. The van der Waals surface area contributed by atoms with Gasteiger partial charge in [-0.15, -0.1) is 11.3 Å². The lowest BCUT2D eigenvalue weighted by Crippen LogP contribution is -2.41. The van der Waals surface area contributed by atoms with Crippen LogP contribution in [-0.4, -0.2) is 61.9 Å². The first-order valence-corrected chi connectivity index (χ1v) is 12.1. The van der Waals surface area contributed by atoms with Crippen molar-refractivity contribution in [2.75, 3.05) is 52.4 Å². The number of hydrogen-bond acceptors (Lipinski definition) is 8. The summed E-state index contributed by atoms with van der Waals surface area (Å²) in [6.45, 7) is 4.03. The number of morpholine rings is 1. The van der Waals surface area contributed by atoms with Gasteiger partial charge in [0.25, 0.3) is 0 Å². The van der Waals surface area contributed by atoms with Crippen LogP contribution in [0.15, 0.2) is 24.5 Å². The van der Waals surface area contributed by atoms with E-state index in [1.165, 1.54) is 34.2 Å². The Morgan fingerprint density at radius 1 is 1.09 bits per heavy atom. The summed E-state index contributed by atoms with van der Waals surface area (Å²) in [5.41, 5.74) is 2.64. The number of thiophene rings is 1. The normalized spacial score (nSPS) is 17.7. The Morgan fingerprint density at radius 2 is 1.91 bits per heavy atom. The lowest BCUT2D eigenvalue weighted by molar-refractivity contribution is 0.0186. The molecule has 1 N–H and O–H groups in total. The van der Waals surface area contributed by atoms with Gasteiger partial charge < -0.3 is 19.5 Å². The van der Waals surface area contributed by atoms with Gasteiger partial charge in [0.1, 0.15) is 17.0 Å². The summed E-state index contributed by atoms with van der Waals surface area (Å²) in [5.74, 6) is 2.44. The Kier molecular flexibility index (Phi) is 6.43. The lowest BCUT2D eigenvalue weighted by atomic mass is 9.97. The molecule has 3 heterocycles. The summed E-state index contributed by atoms with van der Waals surface area (Å²) in [6, 6.07) is 6.37. The zero-order valence-electron chi connectivity index (χ0n) is 18.7. The average molecular weight is 455 g/mol. The zero-order valence-corrected chi connectivity index (χ0v) is 19.5. The molecule has 2 aliphatic rings. The summed E-state index contributed by atoms with van der Waals surface area (Å²) in [7, 11) is 3.35. The van der Waals surface area contributed by atoms with Crippen molar-refractivity contribution in [1.82, 2.24) is 14.9 Å². The number of hydrogen-bond donors (Lipinski definition) is 1. The van der Waals surface area contributed by atoms with Crippen molar-refractivity contribution < 1.29 is 14.2 Å². The number of aromatic nitrogens is 2. The Hall–Kier alpha value is -2.42. The number of rotatable bonds is 7. The number of nitrogens with one attached hydrogen (secondary N) is 1. The lowest BCUT2D eigenvalue weighted by Gasteiger charge is -2.35. The van der Waals surface area contributed by atoms with E-state index in [0.717, 1.165) is 67.8 Å². The van der Waals surface area contributed by atoms with E-state index < -0.39 is 0 Å². The molecule has 0 spiro atoms. The molecule has 1 aliphatic heterocycles. The molecule has 0 amide bonds. The van der Waals surface area contributed by atoms with Crippen molar-refractivity contribution in [1.29, 1.82) is 0 Å². The first-order chi connectivity index (χ1) is 15.8. The molecule has 0 unspecified atom stereocenters. The van der Waals surface area contributed by atoms with Crippen LogP contribution in [0.5, 0.6) is 11.5 Å². The van der Waals surface area contributed by atoms with Crippen molar-refractivity contribution in [3.05, 3.63) is 40.5 Å². The van der Waals surface area contributed by atoms with Crippen LogP contribution in [0.4, 0.5) is 5.82 Å². The molecular weight excluding hydrogens is 424 g/mol. The molecule has 5 rings (SSSR count). The summed E-state index contributed by atoms with van der Waals surface area (Å²) in [4.78, 5) is 14.3. The number of anilines is 1. The first kappa shape index (κ1) is 21.4. The molecule has 2 aromatic heterocycles. The van der Waals surface area contributed by atoms with Crippen LogP contribution < -0.4 is 14.8 Å². The topological polar surface area (TPSA) is 68.7 Å². The van der Waals surface area contributed by atoms with Gasteiger partial charge >= 0.3 is 0 Å².